The van der Waals surface area contributed by atoms with Gasteiger partial charge in [0.2, 0.25) is 0 Å². The quantitative estimate of drug-likeness (QED) is 0.578. The molecule has 0 saturated heterocycles. The van der Waals surface area contributed by atoms with Crippen LogP contribution in [0.5, 0.6) is 5.75 Å². The molecule has 1 heterocycles. The lowest BCUT2D eigenvalue weighted by Gasteiger charge is -2.09. The molecule has 3 aromatic rings. The molecular weight excluding hydrogens is 411 g/mol. The molecule has 0 bridgehead atoms. The van der Waals surface area contributed by atoms with Crippen LogP contribution in [0.2, 0.25) is 0 Å². The van der Waals surface area contributed by atoms with Crippen molar-refractivity contribution >= 4 is 23.2 Å². The molecule has 1 aromatic heterocycles. The van der Waals surface area contributed by atoms with Crippen molar-refractivity contribution in [3.63, 3.8) is 0 Å². The van der Waals surface area contributed by atoms with Gasteiger partial charge in [0, 0.05) is 23.1 Å². The van der Waals surface area contributed by atoms with E-state index in [0.717, 1.165) is 18.3 Å². The van der Waals surface area contributed by atoms with Crippen molar-refractivity contribution in [1.29, 1.82) is 0 Å². The largest absolute Gasteiger partial charge is 0.494 e. The second-order valence-electron chi connectivity index (χ2n) is 6.37. The maximum atomic E-state index is 12.6. The molecule has 0 aliphatic carbocycles. The van der Waals surface area contributed by atoms with Crippen LogP contribution in [-0.4, -0.2) is 23.4 Å². The van der Waals surface area contributed by atoms with Crippen LogP contribution in [0, 0.1) is 0 Å². The average Bonchev–Trinajstić information content (AvgIpc) is 2.75. The van der Waals surface area contributed by atoms with Gasteiger partial charge in [-0.05, 0) is 67.6 Å². The molecule has 160 valence electrons. The van der Waals surface area contributed by atoms with Crippen LogP contribution in [0.15, 0.2) is 66.9 Å². The van der Waals surface area contributed by atoms with Gasteiger partial charge in [0.05, 0.1) is 12.2 Å². The average molecular weight is 429 g/mol. The van der Waals surface area contributed by atoms with Gasteiger partial charge >= 0.3 is 6.18 Å². The fourth-order valence-corrected chi connectivity index (χ4v) is 2.61. The summed E-state index contributed by atoms with van der Waals surface area (Å²) in [6.45, 7) is 2.42. The number of hydrogen-bond acceptors (Lipinski definition) is 4. The number of carbonyl (C=O) groups excluding carboxylic acids is 2. The summed E-state index contributed by atoms with van der Waals surface area (Å²) in [7, 11) is 0. The monoisotopic (exact) mass is 429 g/mol. The number of ether oxygens (including phenoxy) is 1. The van der Waals surface area contributed by atoms with E-state index in [1.54, 1.807) is 24.3 Å². The number of carbonyl (C=O) groups is 2. The second kappa shape index (κ2) is 9.29. The Morgan fingerprint density at radius 3 is 1.84 bits per heavy atom. The van der Waals surface area contributed by atoms with E-state index in [0.29, 0.717) is 29.3 Å². The highest BCUT2D eigenvalue weighted by Crippen LogP contribution is 2.27. The summed E-state index contributed by atoms with van der Waals surface area (Å²) in [6.07, 6.45) is -3.71. The van der Waals surface area contributed by atoms with Gasteiger partial charge in [0.1, 0.15) is 11.4 Å². The number of alkyl halides is 3. The molecule has 0 aliphatic rings. The minimum absolute atomic E-state index is 0.0229. The van der Waals surface area contributed by atoms with Crippen LogP contribution in [0.25, 0.3) is 0 Å². The standard InChI is InChI=1S/C22H18F3N3O3/c1-2-31-18-10-8-17(9-11-18)27-20(29)14-3-6-16(7-4-14)28-21(30)15-5-12-19(26-13-15)22(23,24)25/h3-13H,2H2,1H3,(H,27,29)(H,28,30). The number of rotatable bonds is 6. The normalized spacial score (nSPS) is 11.0. The lowest BCUT2D eigenvalue weighted by atomic mass is 10.1. The van der Waals surface area contributed by atoms with Crippen LogP contribution in [-0.2, 0) is 6.18 Å². The number of benzene rings is 2. The number of pyridine rings is 1. The van der Waals surface area contributed by atoms with Crippen molar-refractivity contribution in [2.45, 2.75) is 13.1 Å². The van der Waals surface area contributed by atoms with E-state index >= 15 is 0 Å². The van der Waals surface area contributed by atoms with E-state index in [2.05, 4.69) is 15.6 Å². The minimum atomic E-state index is -4.57. The van der Waals surface area contributed by atoms with E-state index in [1.165, 1.54) is 24.3 Å². The summed E-state index contributed by atoms with van der Waals surface area (Å²) in [5.41, 5.74) is 0.239. The molecule has 0 saturated carbocycles. The number of aromatic nitrogens is 1. The van der Waals surface area contributed by atoms with Gasteiger partial charge in [0.15, 0.2) is 0 Å². The van der Waals surface area contributed by atoms with Crippen LogP contribution >= 0.6 is 0 Å². The zero-order valence-electron chi connectivity index (χ0n) is 16.4. The van der Waals surface area contributed by atoms with E-state index < -0.39 is 17.8 Å². The smallest absolute Gasteiger partial charge is 0.433 e. The molecule has 9 heteroatoms. The highest BCUT2D eigenvalue weighted by Gasteiger charge is 2.32. The SMILES string of the molecule is CCOc1ccc(NC(=O)c2ccc(NC(=O)c3ccc(C(F)(F)F)nc3)cc2)cc1. The molecular formula is C22H18F3N3O3. The fraction of sp³-hybridized carbons (Fsp3) is 0.136. The van der Waals surface area contributed by atoms with Gasteiger partial charge in [-0.1, -0.05) is 0 Å². The van der Waals surface area contributed by atoms with Crippen LogP contribution in [0.4, 0.5) is 24.5 Å². The maximum Gasteiger partial charge on any atom is 0.433 e. The van der Waals surface area contributed by atoms with Gasteiger partial charge in [-0.3, -0.25) is 14.6 Å². The molecule has 3 rings (SSSR count). The van der Waals surface area contributed by atoms with Crippen molar-refractivity contribution in [1.82, 2.24) is 4.98 Å². The Balaban J connectivity index is 1.60. The number of halogens is 3. The Hall–Kier alpha value is -3.88. The van der Waals surface area contributed by atoms with Crippen LogP contribution < -0.4 is 15.4 Å². The molecule has 6 nitrogen and oxygen atoms in total. The van der Waals surface area contributed by atoms with Crippen molar-refractivity contribution in [2.24, 2.45) is 0 Å². The molecule has 2 amide bonds. The third-order valence-corrected chi connectivity index (χ3v) is 4.14. The molecule has 2 N–H and O–H groups in total. The summed E-state index contributed by atoms with van der Waals surface area (Å²) in [5.74, 6) is -0.259. The molecule has 0 spiro atoms. The van der Waals surface area contributed by atoms with Gasteiger partial charge in [-0.15, -0.1) is 0 Å². The highest BCUT2D eigenvalue weighted by molar-refractivity contribution is 6.06. The van der Waals surface area contributed by atoms with Gasteiger partial charge in [-0.2, -0.15) is 13.2 Å². The zero-order valence-corrected chi connectivity index (χ0v) is 16.4. The fourth-order valence-electron chi connectivity index (χ4n) is 2.61. The Kier molecular flexibility index (Phi) is 6.54. The number of anilines is 2. The third kappa shape index (κ3) is 5.81. The Morgan fingerprint density at radius 2 is 1.35 bits per heavy atom. The molecule has 0 atom stereocenters. The predicted octanol–water partition coefficient (Wildman–Crippen LogP) is 5.00. The maximum absolute atomic E-state index is 12.6. The first-order valence-corrected chi connectivity index (χ1v) is 9.25. The lowest BCUT2D eigenvalue weighted by Crippen LogP contribution is -2.15. The third-order valence-electron chi connectivity index (χ3n) is 4.14. The predicted molar refractivity (Wildman–Crippen MR) is 109 cm³/mol. The molecule has 2 aromatic carbocycles. The Bertz CT molecular complexity index is 1050. The Labute approximate surface area is 176 Å². The lowest BCUT2D eigenvalue weighted by molar-refractivity contribution is -0.141. The summed E-state index contributed by atoms with van der Waals surface area (Å²) >= 11 is 0. The second-order valence-corrected chi connectivity index (χ2v) is 6.37. The first-order valence-electron chi connectivity index (χ1n) is 9.25. The summed E-state index contributed by atoms with van der Waals surface area (Å²) in [5, 5.41) is 5.29. The number of amides is 2. The van der Waals surface area contributed by atoms with E-state index in [9.17, 15) is 22.8 Å². The van der Waals surface area contributed by atoms with Crippen LogP contribution in [0.3, 0.4) is 0 Å². The van der Waals surface area contributed by atoms with E-state index in [-0.39, 0.29) is 11.5 Å². The molecule has 0 fully saturated rings. The summed E-state index contributed by atoms with van der Waals surface area (Å²) in [4.78, 5) is 27.8. The van der Waals surface area contributed by atoms with E-state index in [1.807, 2.05) is 6.92 Å². The first-order chi connectivity index (χ1) is 14.8. The topological polar surface area (TPSA) is 80.3 Å². The molecule has 31 heavy (non-hydrogen) atoms. The highest BCUT2D eigenvalue weighted by atomic mass is 19.4. The minimum Gasteiger partial charge on any atom is -0.494 e. The summed E-state index contributed by atoms with van der Waals surface area (Å²) < 4.78 is 43.0. The van der Waals surface area contributed by atoms with Crippen molar-refractivity contribution in [3.05, 3.63) is 83.7 Å². The molecule has 0 radical (unpaired) electrons. The Morgan fingerprint density at radius 1 is 0.839 bits per heavy atom. The zero-order chi connectivity index (χ0) is 22.4. The van der Waals surface area contributed by atoms with Crippen molar-refractivity contribution in [2.75, 3.05) is 17.2 Å². The number of nitrogens with one attached hydrogen (secondary N) is 2. The van der Waals surface area contributed by atoms with Crippen molar-refractivity contribution in [3.8, 4) is 5.75 Å². The molecule has 0 aliphatic heterocycles. The first kappa shape index (κ1) is 21.8. The number of hydrogen-bond donors (Lipinski definition) is 2. The van der Waals surface area contributed by atoms with Crippen molar-refractivity contribution < 1.29 is 27.5 Å². The number of nitrogens with zero attached hydrogens (tertiary/aromatic N) is 1. The van der Waals surface area contributed by atoms with Gasteiger partial charge in [-0.25, -0.2) is 0 Å². The van der Waals surface area contributed by atoms with Crippen LogP contribution in [0.1, 0.15) is 33.3 Å². The van der Waals surface area contributed by atoms with Gasteiger partial charge in [0.25, 0.3) is 11.8 Å². The summed E-state index contributed by atoms with van der Waals surface area (Å²) in [6, 6.07) is 14.8. The van der Waals surface area contributed by atoms with E-state index in [4.69, 9.17) is 4.74 Å². The molecule has 0 unspecified atom stereocenters. The van der Waals surface area contributed by atoms with Gasteiger partial charge < -0.3 is 15.4 Å².